The number of hydrogen-bond donors (Lipinski definition) is 2. The first-order chi connectivity index (χ1) is 15.0. The molecule has 0 spiro atoms. The SMILES string of the molecule is C[C@H]1Oc2ccccc2C=C1C=C1Oc2c(ccc(O)c2C[NH+]2CCCC[C@@H]2C)C1=O. The first kappa shape index (κ1) is 19.9. The monoisotopic (exact) mass is 418 g/mol. The number of ether oxygens (including phenoxy) is 2. The number of rotatable bonds is 3. The fourth-order valence-corrected chi connectivity index (χ4v) is 4.78. The van der Waals surface area contributed by atoms with Crippen molar-refractivity contribution in [2.45, 2.75) is 51.8 Å². The third-order valence-corrected chi connectivity index (χ3v) is 6.71. The summed E-state index contributed by atoms with van der Waals surface area (Å²) in [7, 11) is 0. The quantitative estimate of drug-likeness (QED) is 0.747. The number of aromatic hydroxyl groups is 1. The summed E-state index contributed by atoms with van der Waals surface area (Å²) in [6.07, 6.45) is 7.25. The maximum Gasteiger partial charge on any atom is 0.231 e. The number of carbonyl (C=O) groups excluding carboxylic acids is 1. The van der Waals surface area contributed by atoms with E-state index < -0.39 is 0 Å². The lowest BCUT2D eigenvalue weighted by atomic mass is 9.99. The molecule has 5 rings (SSSR count). The number of para-hydroxylation sites is 1. The van der Waals surface area contributed by atoms with Crippen LogP contribution < -0.4 is 14.4 Å². The van der Waals surface area contributed by atoms with Crippen LogP contribution in [0.4, 0.5) is 0 Å². The summed E-state index contributed by atoms with van der Waals surface area (Å²) >= 11 is 0. The number of phenolic OH excluding ortho intramolecular Hbond substituents is 1. The summed E-state index contributed by atoms with van der Waals surface area (Å²) in [5.41, 5.74) is 3.12. The van der Waals surface area contributed by atoms with Gasteiger partial charge in [-0.1, -0.05) is 18.2 Å². The van der Waals surface area contributed by atoms with Gasteiger partial charge in [-0.3, -0.25) is 4.79 Å². The molecule has 5 nitrogen and oxygen atoms in total. The Bertz CT molecular complexity index is 1100. The highest BCUT2D eigenvalue weighted by Gasteiger charge is 2.34. The molecule has 0 amide bonds. The minimum atomic E-state index is -0.186. The Morgan fingerprint density at radius 1 is 1.16 bits per heavy atom. The second-order valence-electron chi connectivity index (χ2n) is 8.80. The largest absolute Gasteiger partial charge is 0.507 e. The maximum absolute atomic E-state index is 13.1. The normalized spacial score (nSPS) is 26.0. The lowest BCUT2D eigenvalue weighted by Crippen LogP contribution is -3.14. The van der Waals surface area contributed by atoms with E-state index in [0.717, 1.165) is 29.0 Å². The Labute approximate surface area is 182 Å². The van der Waals surface area contributed by atoms with Crippen molar-refractivity contribution in [3.8, 4) is 17.2 Å². The standard InChI is InChI=1S/C26H27NO4/c1-16-7-5-6-12-27(16)15-21-22(28)11-10-20-25(29)24(31-26(20)21)14-19-13-18-8-3-4-9-23(18)30-17(19)2/h3-4,8-11,13-14,16-17,28H,5-7,12,15H2,1-2H3/p+1/t16-,17+/m0/s1. The number of fused-ring (bicyclic) bond motifs is 2. The number of allylic oxidation sites excluding steroid dienone is 1. The Kier molecular flexibility index (Phi) is 5.06. The third-order valence-electron chi connectivity index (χ3n) is 6.71. The Morgan fingerprint density at radius 3 is 2.84 bits per heavy atom. The van der Waals surface area contributed by atoms with E-state index in [0.29, 0.717) is 23.9 Å². The van der Waals surface area contributed by atoms with E-state index in [1.807, 2.05) is 37.3 Å². The van der Waals surface area contributed by atoms with Crippen LogP contribution in [0.2, 0.25) is 0 Å². The van der Waals surface area contributed by atoms with Crippen LogP contribution in [0.1, 0.15) is 54.6 Å². The van der Waals surface area contributed by atoms with Gasteiger partial charge >= 0.3 is 0 Å². The minimum Gasteiger partial charge on any atom is -0.507 e. The smallest absolute Gasteiger partial charge is 0.231 e. The number of hydrogen-bond acceptors (Lipinski definition) is 4. The van der Waals surface area contributed by atoms with Gasteiger partial charge in [0.25, 0.3) is 0 Å². The van der Waals surface area contributed by atoms with Crippen molar-refractivity contribution in [2.75, 3.05) is 6.54 Å². The highest BCUT2D eigenvalue weighted by Crippen LogP contribution is 2.40. The predicted octanol–water partition coefficient (Wildman–Crippen LogP) is 3.67. The van der Waals surface area contributed by atoms with Gasteiger partial charge < -0.3 is 19.5 Å². The van der Waals surface area contributed by atoms with Crippen LogP contribution in [-0.2, 0) is 6.54 Å². The fraction of sp³-hybridized carbons (Fsp3) is 0.346. The molecule has 3 aliphatic rings. The van der Waals surface area contributed by atoms with Crippen molar-refractivity contribution in [3.05, 3.63) is 70.5 Å². The van der Waals surface area contributed by atoms with Crippen molar-refractivity contribution in [2.24, 2.45) is 0 Å². The van der Waals surface area contributed by atoms with Crippen molar-refractivity contribution in [1.29, 1.82) is 0 Å². The molecular weight excluding hydrogens is 390 g/mol. The third kappa shape index (κ3) is 3.63. The molecule has 3 aliphatic heterocycles. The molecule has 0 bridgehead atoms. The van der Waals surface area contributed by atoms with Gasteiger partial charge in [0.05, 0.1) is 23.7 Å². The average Bonchev–Trinajstić information content (AvgIpc) is 3.07. The van der Waals surface area contributed by atoms with Gasteiger partial charge in [-0.25, -0.2) is 0 Å². The number of nitrogens with one attached hydrogen (secondary N) is 1. The topological polar surface area (TPSA) is 60.2 Å². The molecule has 31 heavy (non-hydrogen) atoms. The second-order valence-corrected chi connectivity index (χ2v) is 8.80. The molecule has 0 radical (unpaired) electrons. The molecule has 3 heterocycles. The van der Waals surface area contributed by atoms with Gasteiger partial charge in [-0.05, 0) is 69.0 Å². The van der Waals surface area contributed by atoms with Crippen LogP contribution in [0.15, 0.2) is 53.8 Å². The van der Waals surface area contributed by atoms with Crippen molar-refractivity contribution < 1.29 is 24.3 Å². The number of piperidine rings is 1. The molecule has 160 valence electrons. The Balaban J connectivity index is 1.47. The summed E-state index contributed by atoms with van der Waals surface area (Å²) in [5.74, 6) is 1.67. The molecule has 1 unspecified atom stereocenters. The van der Waals surface area contributed by atoms with Gasteiger partial charge in [-0.2, -0.15) is 0 Å². The van der Waals surface area contributed by atoms with E-state index in [4.69, 9.17) is 9.47 Å². The number of benzene rings is 2. The molecule has 5 heteroatoms. The van der Waals surface area contributed by atoms with Crippen molar-refractivity contribution >= 4 is 11.9 Å². The fourth-order valence-electron chi connectivity index (χ4n) is 4.78. The van der Waals surface area contributed by atoms with Crippen LogP contribution in [0, 0.1) is 0 Å². The molecule has 1 saturated heterocycles. The predicted molar refractivity (Wildman–Crippen MR) is 119 cm³/mol. The molecule has 2 aromatic carbocycles. The van der Waals surface area contributed by atoms with Gasteiger partial charge in [0, 0.05) is 5.56 Å². The van der Waals surface area contributed by atoms with Crippen LogP contribution in [0.25, 0.3) is 6.08 Å². The summed E-state index contributed by atoms with van der Waals surface area (Å²) in [5, 5.41) is 10.6. The molecule has 0 aromatic heterocycles. The van der Waals surface area contributed by atoms with Gasteiger partial charge in [0.1, 0.15) is 24.1 Å². The second kappa shape index (κ2) is 7.89. The number of Topliss-reactive ketones (excluding diaryl/α,β-unsaturated/α-hetero) is 1. The summed E-state index contributed by atoms with van der Waals surface area (Å²) in [4.78, 5) is 14.5. The number of quaternary nitrogens is 1. The van der Waals surface area contributed by atoms with E-state index in [1.54, 1.807) is 18.2 Å². The molecule has 2 aromatic rings. The molecule has 3 atom stereocenters. The van der Waals surface area contributed by atoms with E-state index in [2.05, 4.69) is 6.92 Å². The molecule has 0 saturated carbocycles. The van der Waals surface area contributed by atoms with Crippen LogP contribution in [0.3, 0.4) is 0 Å². The van der Waals surface area contributed by atoms with E-state index in [1.165, 1.54) is 24.2 Å². The number of phenols is 1. The van der Waals surface area contributed by atoms with Crippen LogP contribution in [0.5, 0.6) is 17.2 Å². The highest BCUT2D eigenvalue weighted by atomic mass is 16.5. The van der Waals surface area contributed by atoms with Crippen molar-refractivity contribution in [3.63, 3.8) is 0 Å². The summed E-state index contributed by atoms with van der Waals surface area (Å²) in [6, 6.07) is 11.7. The van der Waals surface area contributed by atoms with Crippen molar-refractivity contribution in [1.82, 2.24) is 0 Å². The van der Waals surface area contributed by atoms with E-state index >= 15 is 0 Å². The zero-order chi connectivity index (χ0) is 21.5. The van der Waals surface area contributed by atoms with Crippen LogP contribution in [-0.4, -0.2) is 29.6 Å². The lowest BCUT2D eigenvalue weighted by Gasteiger charge is -2.30. The minimum absolute atomic E-state index is 0.148. The number of carbonyl (C=O) groups is 1. The Morgan fingerprint density at radius 2 is 2.00 bits per heavy atom. The first-order valence-corrected chi connectivity index (χ1v) is 11.1. The van der Waals surface area contributed by atoms with E-state index in [9.17, 15) is 9.90 Å². The highest BCUT2D eigenvalue weighted by molar-refractivity contribution is 6.13. The van der Waals surface area contributed by atoms with E-state index in [-0.39, 0.29) is 23.4 Å². The van der Waals surface area contributed by atoms with Gasteiger partial charge in [0.2, 0.25) is 5.78 Å². The summed E-state index contributed by atoms with van der Waals surface area (Å²) < 4.78 is 12.1. The zero-order valence-electron chi connectivity index (χ0n) is 18.0. The molecule has 0 aliphatic carbocycles. The summed E-state index contributed by atoms with van der Waals surface area (Å²) in [6.45, 7) is 5.94. The molecular formula is C26H28NO4+. The molecule has 1 fully saturated rings. The number of likely N-dealkylation sites (tertiary alicyclic amines) is 1. The first-order valence-electron chi connectivity index (χ1n) is 11.1. The zero-order valence-corrected chi connectivity index (χ0v) is 18.0. The lowest BCUT2D eigenvalue weighted by molar-refractivity contribution is -0.941. The maximum atomic E-state index is 13.1. The van der Waals surface area contributed by atoms with Gasteiger partial charge in [0.15, 0.2) is 11.5 Å². The average molecular weight is 419 g/mol. The van der Waals surface area contributed by atoms with Gasteiger partial charge in [-0.15, -0.1) is 0 Å². The number of ketones is 1. The van der Waals surface area contributed by atoms with Crippen LogP contribution >= 0.6 is 0 Å². The Hall–Kier alpha value is -3.05. The molecule has 2 N–H and O–H groups in total.